The summed E-state index contributed by atoms with van der Waals surface area (Å²) < 4.78 is 5.27. The fourth-order valence-electron chi connectivity index (χ4n) is 2.69. The Balaban J connectivity index is 1.97. The van der Waals surface area contributed by atoms with Crippen LogP contribution in [0.15, 0.2) is 18.2 Å². The lowest BCUT2D eigenvalue weighted by Gasteiger charge is -2.28. The Bertz CT molecular complexity index is 420. The number of methoxy groups -OCH3 is 1. The van der Waals surface area contributed by atoms with Gasteiger partial charge >= 0.3 is 0 Å². The Labute approximate surface area is 128 Å². The van der Waals surface area contributed by atoms with Gasteiger partial charge in [-0.25, -0.2) is 0 Å². The molecule has 1 fully saturated rings. The predicted molar refractivity (Wildman–Crippen MR) is 86.1 cm³/mol. The van der Waals surface area contributed by atoms with Gasteiger partial charge in [0.15, 0.2) is 0 Å². The standard InChI is InChI=1S/C17H29N3O/c1-4-18-12-16-6-5-7-17(19-16)13-20(10-11-21-3)14(2)15-8-9-15/h5-7,14-15,18H,4,8-13H2,1-3H3. The smallest absolute Gasteiger partial charge is 0.0589 e. The van der Waals surface area contributed by atoms with Crippen LogP contribution in [0.25, 0.3) is 0 Å². The Morgan fingerprint density at radius 1 is 1.38 bits per heavy atom. The average molecular weight is 291 g/mol. The minimum atomic E-state index is 0.624. The largest absolute Gasteiger partial charge is 0.383 e. The predicted octanol–water partition coefficient (Wildman–Crippen LogP) is 2.44. The van der Waals surface area contributed by atoms with E-state index in [0.29, 0.717) is 6.04 Å². The first-order valence-electron chi connectivity index (χ1n) is 8.13. The van der Waals surface area contributed by atoms with Gasteiger partial charge in [0, 0.05) is 32.8 Å². The third-order valence-corrected chi connectivity index (χ3v) is 4.25. The van der Waals surface area contributed by atoms with E-state index in [2.05, 4.69) is 42.3 Å². The molecule has 1 aliphatic carbocycles. The molecule has 1 aromatic rings. The molecule has 4 heteroatoms. The zero-order valence-electron chi connectivity index (χ0n) is 13.6. The maximum Gasteiger partial charge on any atom is 0.0589 e. The number of aromatic nitrogens is 1. The summed E-state index contributed by atoms with van der Waals surface area (Å²) in [6.45, 7) is 8.97. The van der Waals surface area contributed by atoms with E-state index in [0.717, 1.165) is 50.1 Å². The molecule has 21 heavy (non-hydrogen) atoms. The third kappa shape index (κ3) is 5.38. The van der Waals surface area contributed by atoms with Crippen molar-refractivity contribution in [3.8, 4) is 0 Å². The Morgan fingerprint density at radius 3 is 2.81 bits per heavy atom. The van der Waals surface area contributed by atoms with Gasteiger partial charge in [-0.05, 0) is 44.4 Å². The van der Waals surface area contributed by atoms with E-state index in [4.69, 9.17) is 9.72 Å². The van der Waals surface area contributed by atoms with Crippen LogP contribution < -0.4 is 5.32 Å². The van der Waals surface area contributed by atoms with E-state index in [1.54, 1.807) is 7.11 Å². The Hall–Kier alpha value is -0.970. The molecule has 0 aromatic carbocycles. The fourth-order valence-corrected chi connectivity index (χ4v) is 2.69. The van der Waals surface area contributed by atoms with E-state index in [1.807, 2.05) is 0 Å². The molecule has 4 nitrogen and oxygen atoms in total. The van der Waals surface area contributed by atoms with Crippen LogP contribution in [0.2, 0.25) is 0 Å². The Morgan fingerprint density at radius 2 is 2.14 bits per heavy atom. The first kappa shape index (κ1) is 16.4. The molecule has 1 N–H and O–H groups in total. The average Bonchev–Trinajstić information content (AvgIpc) is 3.34. The first-order chi connectivity index (χ1) is 10.2. The lowest BCUT2D eigenvalue weighted by molar-refractivity contribution is 0.110. The summed E-state index contributed by atoms with van der Waals surface area (Å²) in [7, 11) is 1.77. The lowest BCUT2D eigenvalue weighted by atomic mass is 10.1. The maximum atomic E-state index is 5.27. The maximum absolute atomic E-state index is 5.27. The van der Waals surface area contributed by atoms with Crippen molar-refractivity contribution in [3.05, 3.63) is 29.6 Å². The van der Waals surface area contributed by atoms with Crippen LogP contribution in [0.3, 0.4) is 0 Å². The van der Waals surface area contributed by atoms with Crippen molar-refractivity contribution in [3.63, 3.8) is 0 Å². The van der Waals surface area contributed by atoms with Gasteiger partial charge in [-0.2, -0.15) is 0 Å². The molecule has 0 radical (unpaired) electrons. The molecule has 1 unspecified atom stereocenters. The van der Waals surface area contributed by atoms with Crippen molar-refractivity contribution >= 4 is 0 Å². The molecule has 118 valence electrons. The third-order valence-electron chi connectivity index (χ3n) is 4.25. The minimum absolute atomic E-state index is 0.624. The van der Waals surface area contributed by atoms with Crippen LogP contribution in [-0.4, -0.2) is 42.7 Å². The van der Waals surface area contributed by atoms with Gasteiger partial charge in [-0.15, -0.1) is 0 Å². The summed E-state index contributed by atoms with van der Waals surface area (Å²) in [6, 6.07) is 6.97. The van der Waals surface area contributed by atoms with E-state index in [-0.39, 0.29) is 0 Å². The van der Waals surface area contributed by atoms with Crippen LogP contribution >= 0.6 is 0 Å². The lowest BCUT2D eigenvalue weighted by Crippen LogP contribution is -2.37. The van der Waals surface area contributed by atoms with Crippen molar-refractivity contribution < 1.29 is 4.74 Å². The van der Waals surface area contributed by atoms with Crippen LogP contribution in [0.4, 0.5) is 0 Å². The number of nitrogens with zero attached hydrogens (tertiary/aromatic N) is 2. The summed E-state index contributed by atoms with van der Waals surface area (Å²) in [6.07, 6.45) is 2.75. The van der Waals surface area contributed by atoms with E-state index >= 15 is 0 Å². The summed E-state index contributed by atoms with van der Waals surface area (Å²) >= 11 is 0. The van der Waals surface area contributed by atoms with Gasteiger partial charge in [-0.1, -0.05) is 13.0 Å². The van der Waals surface area contributed by atoms with Gasteiger partial charge in [0.1, 0.15) is 0 Å². The fraction of sp³-hybridized carbons (Fsp3) is 0.706. The second-order valence-corrected chi connectivity index (χ2v) is 5.94. The molecule has 0 saturated heterocycles. The molecule has 1 atom stereocenters. The quantitative estimate of drug-likeness (QED) is 0.718. The molecular formula is C17H29N3O. The van der Waals surface area contributed by atoms with Gasteiger partial charge in [-0.3, -0.25) is 9.88 Å². The number of ether oxygens (including phenoxy) is 1. The molecule has 1 heterocycles. The van der Waals surface area contributed by atoms with Crippen molar-refractivity contribution in [2.24, 2.45) is 5.92 Å². The molecule has 1 saturated carbocycles. The van der Waals surface area contributed by atoms with E-state index in [1.165, 1.54) is 12.8 Å². The second kappa shape index (κ2) is 8.47. The summed E-state index contributed by atoms with van der Waals surface area (Å²) in [5.41, 5.74) is 2.29. The number of rotatable bonds is 10. The highest BCUT2D eigenvalue weighted by Gasteiger charge is 2.31. The number of hydrogen-bond donors (Lipinski definition) is 1. The number of hydrogen-bond acceptors (Lipinski definition) is 4. The van der Waals surface area contributed by atoms with Gasteiger partial charge in [0.25, 0.3) is 0 Å². The van der Waals surface area contributed by atoms with Crippen LogP contribution in [0.1, 0.15) is 38.1 Å². The summed E-state index contributed by atoms with van der Waals surface area (Å²) in [4.78, 5) is 7.29. The van der Waals surface area contributed by atoms with Crippen LogP contribution in [0, 0.1) is 5.92 Å². The molecule has 0 spiro atoms. The molecule has 0 aliphatic heterocycles. The molecule has 2 rings (SSSR count). The SMILES string of the molecule is CCNCc1cccc(CN(CCOC)C(C)C2CC2)n1. The highest BCUT2D eigenvalue weighted by molar-refractivity contribution is 5.11. The molecule has 1 aliphatic rings. The van der Waals surface area contributed by atoms with Gasteiger partial charge < -0.3 is 10.1 Å². The van der Waals surface area contributed by atoms with Crippen molar-refractivity contribution in [2.45, 2.75) is 45.8 Å². The highest BCUT2D eigenvalue weighted by Crippen LogP contribution is 2.35. The zero-order chi connectivity index (χ0) is 15.1. The topological polar surface area (TPSA) is 37.4 Å². The van der Waals surface area contributed by atoms with Crippen molar-refractivity contribution in [1.82, 2.24) is 15.2 Å². The second-order valence-electron chi connectivity index (χ2n) is 5.94. The van der Waals surface area contributed by atoms with Gasteiger partial charge in [0.05, 0.1) is 18.0 Å². The highest BCUT2D eigenvalue weighted by atomic mass is 16.5. The van der Waals surface area contributed by atoms with Crippen LogP contribution in [-0.2, 0) is 17.8 Å². The number of pyridine rings is 1. The van der Waals surface area contributed by atoms with Gasteiger partial charge in [0.2, 0.25) is 0 Å². The first-order valence-corrected chi connectivity index (χ1v) is 8.13. The molecule has 0 bridgehead atoms. The minimum Gasteiger partial charge on any atom is -0.383 e. The zero-order valence-corrected chi connectivity index (χ0v) is 13.6. The monoisotopic (exact) mass is 291 g/mol. The van der Waals surface area contributed by atoms with Crippen molar-refractivity contribution in [2.75, 3.05) is 26.8 Å². The molecule has 0 amide bonds. The van der Waals surface area contributed by atoms with E-state index < -0.39 is 0 Å². The Kier molecular flexibility index (Phi) is 6.61. The van der Waals surface area contributed by atoms with Crippen LogP contribution in [0.5, 0.6) is 0 Å². The summed E-state index contributed by atoms with van der Waals surface area (Å²) in [5.74, 6) is 0.867. The van der Waals surface area contributed by atoms with Crippen molar-refractivity contribution in [1.29, 1.82) is 0 Å². The summed E-state index contributed by atoms with van der Waals surface area (Å²) in [5, 5.41) is 3.33. The molecule has 1 aromatic heterocycles. The van der Waals surface area contributed by atoms with E-state index in [9.17, 15) is 0 Å². The normalized spacial score (nSPS) is 16.4. The number of nitrogens with one attached hydrogen (secondary N) is 1. The molecular weight excluding hydrogens is 262 g/mol.